The van der Waals surface area contributed by atoms with E-state index in [0.717, 1.165) is 5.76 Å². The molecule has 0 unspecified atom stereocenters. The molecule has 0 bridgehead atoms. The lowest BCUT2D eigenvalue weighted by atomic mass is 9.94. The van der Waals surface area contributed by atoms with Crippen LogP contribution in [-0.4, -0.2) is 10.2 Å². The van der Waals surface area contributed by atoms with E-state index >= 15 is 0 Å². The predicted molar refractivity (Wildman–Crippen MR) is 65.7 cm³/mol. The van der Waals surface area contributed by atoms with Crippen LogP contribution in [0.25, 0.3) is 0 Å². The van der Waals surface area contributed by atoms with Gasteiger partial charge in [0.2, 0.25) is 5.89 Å². The van der Waals surface area contributed by atoms with Crippen LogP contribution in [0.3, 0.4) is 0 Å². The SMILES string of the molecule is CC(C)(C)c1cnc(CSC(=N)N)o1.Cl. The quantitative estimate of drug-likeness (QED) is 0.624. The summed E-state index contributed by atoms with van der Waals surface area (Å²) in [6, 6.07) is 0. The summed E-state index contributed by atoms with van der Waals surface area (Å²) in [5, 5.41) is 7.13. The molecule has 0 atom stereocenters. The minimum absolute atomic E-state index is 0. The highest BCUT2D eigenvalue weighted by Crippen LogP contribution is 2.23. The van der Waals surface area contributed by atoms with Crippen molar-refractivity contribution >= 4 is 29.3 Å². The van der Waals surface area contributed by atoms with E-state index in [1.165, 1.54) is 11.8 Å². The van der Waals surface area contributed by atoms with Gasteiger partial charge in [-0.1, -0.05) is 32.5 Å². The van der Waals surface area contributed by atoms with E-state index in [9.17, 15) is 0 Å². The smallest absolute Gasteiger partial charge is 0.204 e. The lowest BCUT2D eigenvalue weighted by molar-refractivity contribution is 0.391. The predicted octanol–water partition coefficient (Wildman–Crippen LogP) is 2.52. The molecule has 0 aliphatic carbocycles. The van der Waals surface area contributed by atoms with Crippen molar-refractivity contribution in [3.63, 3.8) is 0 Å². The Bertz CT molecular complexity index is 332. The van der Waals surface area contributed by atoms with Crippen LogP contribution < -0.4 is 5.73 Å². The van der Waals surface area contributed by atoms with Gasteiger partial charge in [0.1, 0.15) is 5.76 Å². The van der Waals surface area contributed by atoms with E-state index in [1.54, 1.807) is 6.20 Å². The van der Waals surface area contributed by atoms with Crippen molar-refractivity contribution in [2.45, 2.75) is 31.9 Å². The van der Waals surface area contributed by atoms with E-state index in [-0.39, 0.29) is 23.0 Å². The fourth-order valence-corrected chi connectivity index (χ4v) is 1.28. The maximum atomic E-state index is 7.04. The number of nitrogens with two attached hydrogens (primary N) is 1. The van der Waals surface area contributed by atoms with E-state index in [2.05, 4.69) is 25.8 Å². The van der Waals surface area contributed by atoms with Gasteiger partial charge in [0.05, 0.1) is 11.9 Å². The van der Waals surface area contributed by atoms with Crippen LogP contribution in [0.15, 0.2) is 10.6 Å². The minimum atomic E-state index is -0.0217. The summed E-state index contributed by atoms with van der Waals surface area (Å²) >= 11 is 1.21. The van der Waals surface area contributed by atoms with Gasteiger partial charge < -0.3 is 10.2 Å². The lowest BCUT2D eigenvalue weighted by Gasteiger charge is -2.12. The van der Waals surface area contributed by atoms with Crippen LogP contribution in [0.4, 0.5) is 0 Å². The van der Waals surface area contributed by atoms with Crippen LogP contribution in [0, 0.1) is 5.41 Å². The Hall–Kier alpha value is -0.680. The minimum Gasteiger partial charge on any atom is -0.444 e. The van der Waals surface area contributed by atoms with Crippen molar-refractivity contribution in [2.75, 3.05) is 0 Å². The maximum absolute atomic E-state index is 7.04. The number of aromatic nitrogens is 1. The molecule has 0 fully saturated rings. The zero-order chi connectivity index (χ0) is 10.8. The molecule has 1 aromatic heterocycles. The van der Waals surface area contributed by atoms with E-state index in [0.29, 0.717) is 11.6 Å². The molecular formula is C9H16ClN3OS. The van der Waals surface area contributed by atoms with Gasteiger partial charge >= 0.3 is 0 Å². The molecule has 0 saturated carbocycles. The largest absolute Gasteiger partial charge is 0.444 e. The topological polar surface area (TPSA) is 75.9 Å². The molecule has 86 valence electrons. The summed E-state index contributed by atoms with van der Waals surface area (Å²) in [6.45, 7) is 6.19. The highest BCUT2D eigenvalue weighted by molar-refractivity contribution is 8.12. The van der Waals surface area contributed by atoms with Crippen LogP contribution in [0.1, 0.15) is 32.4 Å². The summed E-state index contributed by atoms with van der Waals surface area (Å²) < 4.78 is 5.51. The first-order valence-electron chi connectivity index (χ1n) is 4.31. The Morgan fingerprint density at radius 3 is 2.60 bits per heavy atom. The first kappa shape index (κ1) is 14.3. The standard InChI is InChI=1S/C9H15N3OS.ClH/c1-9(2,3)6-4-12-7(13-6)5-14-8(10)11;/h4H,5H2,1-3H3,(H3,10,11);1H. The molecule has 1 aromatic rings. The number of amidine groups is 1. The van der Waals surface area contributed by atoms with Gasteiger partial charge in [0.15, 0.2) is 5.17 Å². The fraction of sp³-hybridized carbons (Fsp3) is 0.556. The first-order valence-corrected chi connectivity index (χ1v) is 5.30. The Balaban J connectivity index is 0.00000196. The molecule has 6 heteroatoms. The van der Waals surface area contributed by atoms with Crippen LogP contribution >= 0.6 is 24.2 Å². The fourth-order valence-electron chi connectivity index (χ4n) is 0.863. The molecule has 0 amide bonds. The molecule has 3 N–H and O–H groups in total. The van der Waals surface area contributed by atoms with Gasteiger partial charge in [-0.15, -0.1) is 12.4 Å². The molecule has 0 aromatic carbocycles. The molecule has 1 rings (SSSR count). The second-order valence-electron chi connectivity index (χ2n) is 4.02. The molecule has 0 aliphatic heterocycles. The highest BCUT2D eigenvalue weighted by Gasteiger charge is 2.18. The number of hydrogen-bond donors (Lipinski definition) is 2. The van der Waals surface area contributed by atoms with Gasteiger partial charge in [-0.3, -0.25) is 5.41 Å². The molecule has 1 heterocycles. The molecule has 0 spiro atoms. The molecule has 4 nitrogen and oxygen atoms in total. The van der Waals surface area contributed by atoms with Crippen molar-refractivity contribution in [1.29, 1.82) is 5.41 Å². The number of nitrogens with zero attached hydrogens (tertiary/aromatic N) is 1. The third kappa shape index (κ3) is 4.57. The van der Waals surface area contributed by atoms with Crippen molar-refractivity contribution in [3.8, 4) is 0 Å². The zero-order valence-corrected chi connectivity index (χ0v) is 10.7. The van der Waals surface area contributed by atoms with Gasteiger partial charge in [-0.2, -0.15) is 0 Å². The average molecular weight is 250 g/mol. The molecule has 0 aliphatic rings. The maximum Gasteiger partial charge on any atom is 0.204 e. The van der Waals surface area contributed by atoms with E-state index in [1.807, 2.05) is 0 Å². The summed E-state index contributed by atoms with van der Waals surface area (Å²) in [6.07, 6.45) is 1.73. The third-order valence-corrected chi connectivity index (χ3v) is 2.35. The van der Waals surface area contributed by atoms with Gasteiger partial charge in [-0.05, 0) is 0 Å². The number of rotatable bonds is 2. The molecule has 0 radical (unpaired) electrons. The molecular weight excluding hydrogens is 234 g/mol. The number of nitrogens with one attached hydrogen (secondary N) is 1. The van der Waals surface area contributed by atoms with Crippen molar-refractivity contribution in [3.05, 3.63) is 17.8 Å². The Kier molecular flexibility index (Phi) is 5.17. The Labute approximate surface area is 99.9 Å². The summed E-state index contributed by atoms with van der Waals surface area (Å²) in [5.41, 5.74) is 5.19. The summed E-state index contributed by atoms with van der Waals surface area (Å²) in [4.78, 5) is 4.11. The number of oxazole rings is 1. The second-order valence-corrected chi connectivity index (χ2v) is 5.04. The van der Waals surface area contributed by atoms with Crippen molar-refractivity contribution < 1.29 is 4.42 Å². The van der Waals surface area contributed by atoms with Gasteiger partial charge in [0.25, 0.3) is 0 Å². The van der Waals surface area contributed by atoms with Crippen molar-refractivity contribution in [1.82, 2.24) is 4.98 Å². The number of halogens is 1. The van der Waals surface area contributed by atoms with Crippen molar-refractivity contribution in [2.24, 2.45) is 5.73 Å². The average Bonchev–Trinajstić information content (AvgIpc) is 2.47. The molecule has 0 saturated heterocycles. The number of thioether (sulfide) groups is 1. The van der Waals surface area contributed by atoms with E-state index in [4.69, 9.17) is 15.6 Å². The third-order valence-electron chi connectivity index (χ3n) is 1.64. The number of hydrogen-bond acceptors (Lipinski definition) is 4. The zero-order valence-electron chi connectivity index (χ0n) is 9.03. The first-order chi connectivity index (χ1) is 6.39. The van der Waals surface area contributed by atoms with Crippen LogP contribution in [-0.2, 0) is 11.2 Å². The summed E-state index contributed by atoms with van der Waals surface area (Å²) in [7, 11) is 0. The van der Waals surface area contributed by atoms with Crippen LogP contribution in [0.5, 0.6) is 0 Å². The monoisotopic (exact) mass is 249 g/mol. The van der Waals surface area contributed by atoms with Crippen LogP contribution in [0.2, 0.25) is 0 Å². The van der Waals surface area contributed by atoms with E-state index < -0.39 is 0 Å². The Morgan fingerprint density at radius 2 is 2.20 bits per heavy atom. The second kappa shape index (κ2) is 5.42. The molecule has 15 heavy (non-hydrogen) atoms. The Morgan fingerprint density at radius 1 is 1.60 bits per heavy atom. The van der Waals surface area contributed by atoms with Gasteiger partial charge in [-0.25, -0.2) is 4.98 Å². The lowest BCUT2D eigenvalue weighted by Crippen LogP contribution is -2.09. The highest BCUT2D eigenvalue weighted by atomic mass is 35.5. The van der Waals surface area contributed by atoms with Gasteiger partial charge in [0, 0.05) is 5.41 Å². The normalized spacial score (nSPS) is 10.9. The summed E-state index contributed by atoms with van der Waals surface area (Å²) in [5.74, 6) is 2.00.